The molecule has 0 aliphatic rings. The van der Waals surface area contributed by atoms with Gasteiger partial charge in [0.1, 0.15) is 0 Å². The molecule has 2 rings (SSSR count). The number of hydrogen-bond donors (Lipinski definition) is 0. The van der Waals surface area contributed by atoms with Crippen LogP contribution in [0.25, 0.3) is 0 Å². The highest BCUT2D eigenvalue weighted by Crippen LogP contribution is 2.21. The van der Waals surface area contributed by atoms with Gasteiger partial charge >= 0.3 is 0 Å². The number of unbranched alkanes of at least 4 members (excludes halogenated alkanes) is 1. The molecule has 18 heavy (non-hydrogen) atoms. The second kappa shape index (κ2) is 8.28. The highest BCUT2D eigenvalue weighted by Gasteiger charge is 1.95. The average molecular weight is 274 g/mol. The molecule has 0 spiro atoms. The topological polar surface area (TPSA) is 0 Å². The molecule has 0 radical (unpaired) electrons. The van der Waals surface area contributed by atoms with Crippen LogP contribution in [0.3, 0.4) is 0 Å². The van der Waals surface area contributed by atoms with Crippen molar-refractivity contribution < 1.29 is 0 Å². The predicted octanol–water partition coefficient (Wildman–Crippen LogP) is 5.35. The van der Waals surface area contributed by atoms with Crippen LogP contribution in [0.1, 0.15) is 12.8 Å². The van der Waals surface area contributed by atoms with Crippen molar-refractivity contribution in [2.24, 2.45) is 0 Å². The lowest BCUT2D eigenvalue weighted by Gasteiger charge is -2.02. The zero-order chi connectivity index (χ0) is 12.5. The van der Waals surface area contributed by atoms with Gasteiger partial charge in [0.05, 0.1) is 0 Å². The van der Waals surface area contributed by atoms with Crippen LogP contribution in [0.2, 0.25) is 0 Å². The first-order chi connectivity index (χ1) is 8.95. The molecule has 0 heterocycles. The molecule has 2 heteroatoms. The molecular formula is C16H18S2. The Morgan fingerprint density at radius 1 is 0.556 bits per heavy atom. The lowest BCUT2D eigenvalue weighted by Crippen LogP contribution is -1.84. The second-order valence-corrected chi connectivity index (χ2v) is 6.37. The zero-order valence-electron chi connectivity index (χ0n) is 10.4. The van der Waals surface area contributed by atoms with E-state index in [4.69, 9.17) is 0 Å². The molecule has 0 unspecified atom stereocenters. The van der Waals surface area contributed by atoms with Crippen molar-refractivity contribution in [2.45, 2.75) is 22.6 Å². The zero-order valence-corrected chi connectivity index (χ0v) is 12.1. The van der Waals surface area contributed by atoms with Crippen molar-refractivity contribution in [3.63, 3.8) is 0 Å². The minimum atomic E-state index is 1.22. The molecule has 2 aromatic carbocycles. The van der Waals surface area contributed by atoms with Crippen LogP contribution >= 0.6 is 23.5 Å². The molecule has 0 N–H and O–H groups in total. The van der Waals surface area contributed by atoms with Gasteiger partial charge in [-0.1, -0.05) is 36.4 Å². The van der Waals surface area contributed by atoms with E-state index < -0.39 is 0 Å². The van der Waals surface area contributed by atoms with Crippen molar-refractivity contribution in [1.82, 2.24) is 0 Å². The Hall–Kier alpha value is -0.860. The monoisotopic (exact) mass is 274 g/mol. The van der Waals surface area contributed by atoms with Crippen molar-refractivity contribution in [3.05, 3.63) is 60.7 Å². The number of benzene rings is 2. The Balaban J connectivity index is 1.54. The summed E-state index contributed by atoms with van der Waals surface area (Å²) in [5.74, 6) is 2.44. The van der Waals surface area contributed by atoms with Crippen molar-refractivity contribution in [2.75, 3.05) is 11.5 Å². The minimum Gasteiger partial charge on any atom is -0.126 e. The van der Waals surface area contributed by atoms with E-state index in [1.807, 2.05) is 23.5 Å². The van der Waals surface area contributed by atoms with Crippen molar-refractivity contribution >= 4 is 23.5 Å². The molecule has 0 atom stereocenters. The summed E-state index contributed by atoms with van der Waals surface area (Å²) in [5, 5.41) is 0. The summed E-state index contributed by atoms with van der Waals surface area (Å²) in [6.07, 6.45) is 2.58. The van der Waals surface area contributed by atoms with Crippen LogP contribution in [0, 0.1) is 0 Å². The average Bonchev–Trinajstić information content (AvgIpc) is 2.45. The summed E-state index contributed by atoms with van der Waals surface area (Å²) in [4.78, 5) is 2.77. The second-order valence-electron chi connectivity index (χ2n) is 4.03. The molecule has 2 aromatic rings. The van der Waals surface area contributed by atoms with Gasteiger partial charge in [-0.3, -0.25) is 0 Å². The molecule has 0 fully saturated rings. The molecule has 0 bridgehead atoms. The standard InChI is InChI=1S/C16H18S2/c1-3-9-15(10-4-1)17-13-7-8-14-18-16-11-5-2-6-12-16/h1-6,9-12H,7-8,13-14H2. The molecule has 0 amide bonds. The van der Waals surface area contributed by atoms with Gasteiger partial charge in [-0.05, 0) is 48.6 Å². The van der Waals surface area contributed by atoms with Gasteiger partial charge in [0.2, 0.25) is 0 Å². The SMILES string of the molecule is c1ccc(SCCCCSc2ccccc2)cc1. The van der Waals surface area contributed by atoms with E-state index in [1.165, 1.54) is 34.1 Å². The van der Waals surface area contributed by atoms with Gasteiger partial charge < -0.3 is 0 Å². The number of rotatable bonds is 7. The summed E-state index contributed by atoms with van der Waals surface area (Å²) >= 11 is 3.91. The Labute approximate surface area is 118 Å². The third-order valence-electron chi connectivity index (χ3n) is 2.56. The lowest BCUT2D eigenvalue weighted by molar-refractivity contribution is 0.907. The van der Waals surface area contributed by atoms with E-state index in [2.05, 4.69) is 60.7 Å². The van der Waals surface area contributed by atoms with Crippen LogP contribution in [0.5, 0.6) is 0 Å². The van der Waals surface area contributed by atoms with Crippen molar-refractivity contribution in [1.29, 1.82) is 0 Å². The van der Waals surface area contributed by atoms with E-state index in [9.17, 15) is 0 Å². The van der Waals surface area contributed by atoms with Crippen LogP contribution in [0.15, 0.2) is 70.5 Å². The smallest absolute Gasteiger partial charge is 0.00719 e. The van der Waals surface area contributed by atoms with Gasteiger partial charge in [-0.25, -0.2) is 0 Å². The van der Waals surface area contributed by atoms with Gasteiger partial charge in [-0.2, -0.15) is 0 Å². The maximum absolute atomic E-state index is 2.18. The predicted molar refractivity (Wildman–Crippen MR) is 83.6 cm³/mol. The lowest BCUT2D eigenvalue weighted by atomic mass is 10.4. The maximum atomic E-state index is 2.18. The fraction of sp³-hybridized carbons (Fsp3) is 0.250. The van der Waals surface area contributed by atoms with E-state index in [-0.39, 0.29) is 0 Å². The summed E-state index contributed by atoms with van der Waals surface area (Å²) in [5.41, 5.74) is 0. The summed E-state index contributed by atoms with van der Waals surface area (Å²) in [7, 11) is 0. The fourth-order valence-electron chi connectivity index (χ4n) is 1.62. The summed E-state index contributed by atoms with van der Waals surface area (Å²) in [6.45, 7) is 0. The van der Waals surface area contributed by atoms with E-state index >= 15 is 0 Å². The fourth-order valence-corrected chi connectivity index (χ4v) is 3.49. The van der Waals surface area contributed by atoms with Gasteiger partial charge in [0.15, 0.2) is 0 Å². The maximum Gasteiger partial charge on any atom is 0.00719 e. The third-order valence-corrected chi connectivity index (χ3v) is 4.76. The highest BCUT2D eigenvalue weighted by molar-refractivity contribution is 7.99. The van der Waals surface area contributed by atoms with Crippen molar-refractivity contribution in [3.8, 4) is 0 Å². The van der Waals surface area contributed by atoms with Crippen LogP contribution in [-0.4, -0.2) is 11.5 Å². The molecule has 0 saturated heterocycles. The quantitative estimate of drug-likeness (QED) is 0.493. The third kappa shape index (κ3) is 5.19. The molecule has 0 aromatic heterocycles. The normalized spacial score (nSPS) is 10.4. The van der Waals surface area contributed by atoms with Gasteiger partial charge in [0, 0.05) is 9.79 Å². The Kier molecular flexibility index (Phi) is 6.24. The number of hydrogen-bond acceptors (Lipinski definition) is 2. The number of thioether (sulfide) groups is 2. The van der Waals surface area contributed by atoms with E-state index in [0.29, 0.717) is 0 Å². The van der Waals surface area contributed by atoms with E-state index in [0.717, 1.165) is 0 Å². The molecular weight excluding hydrogens is 256 g/mol. The molecule has 0 nitrogen and oxygen atoms in total. The first-order valence-electron chi connectivity index (χ1n) is 6.31. The summed E-state index contributed by atoms with van der Waals surface area (Å²) < 4.78 is 0. The Morgan fingerprint density at radius 3 is 1.33 bits per heavy atom. The van der Waals surface area contributed by atoms with Crippen LogP contribution in [0.4, 0.5) is 0 Å². The highest BCUT2D eigenvalue weighted by atomic mass is 32.2. The Morgan fingerprint density at radius 2 is 0.944 bits per heavy atom. The first-order valence-corrected chi connectivity index (χ1v) is 8.28. The van der Waals surface area contributed by atoms with Gasteiger partial charge in [0.25, 0.3) is 0 Å². The first kappa shape index (κ1) is 13.6. The van der Waals surface area contributed by atoms with Crippen LogP contribution in [-0.2, 0) is 0 Å². The molecule has 0 aliphatic heterocycles. The minimum absolute atomic E-state index is 1.22. The summed E-state index contributed by atoms with van der Waals surface area (Å²) in [6, 6.07) is 21.3. The molecule has 0 aliphatic carbocycles. The largest absolute Gasteiger partial charge is 0.126 e. The van der Waals surface area contributed by atoms with E-state index in [1.54, 1.807) is 0 Å². The molecule has 0 saturated carbocycles. The Bertz CT molecular complexity index is 382. The van der Waals surface area contributed by atoms with Crippen LogP contribution < -0.4 is 0 Å². The molecule has 94 valence electrons. The van der Waals surface area contributed by atoms with Gasteiger partial charge in [-0.15, -0.1) is 23.5 Å².